The van der Waals surface area contributed by atoms with Crippen molar-refractivity contribution >= 4 is 16.4 Å². The van der Waals surface area contributed by atoms with Crippen molar-refractivity contribution in [2.45, 2.75) is 4.73 Å². The largest absolute Gasteiger partial charge is 0.394 e. The van der Waals surface area contributed by atoms with Crippen LogP contribution in [0, 0.1) is 0 Å². The molecule has 8 heteroatoms. The van der Waals surface area contributed by atoms with Gasteiger partial charge in [-0.2, -0.15) is 8.42 Å². The van der Waals surface area contributed by atoms with Crippen molar-refractivity contribution in [3.8, 4) is 0 Å². The molecule has 0 unspecified atom stereocenters. The minimum atomic E-state index is -4.67. The molecule has 0 aromatic heterocycles. The Kier molecular flexibility index (Phi) is 7.38. The van der Waals surface area contributed by atoms with E-state index in [2.05, 4.69) is 0 Å². The molecule has 0 rings (SSSR count). The summed E-state index contributed by atoms with van der Waals surface area (Å²) in [5.41, 5.74) is 0. The maximum atomic E-state index is 9.37. The summed E-state index contributed by atoms with van der Waals surface area (Å²) in [6.07, 6.45) is 0. The molecule has 0 saturated carbocycles. The quantitative estimate of drug-likeness (QED) is 0.388. The number of carbonyl (C=O) groups is 1. The second-order valence-electron chi connectivity index (χ2n) is 1.02. The van der Waals surface area contributed by atoms with Gasteiger partial charge in [-0.3, -0.25) is 9.11 Å². The van der Waals surface area contributed by atoms with Crippen LogP contribution in [-0.4, -0.2) is 28.6 Å². The van der Waals surface area contributed by atoms with Gasteiger partial charge in [0.2, 0.25) is 0 Å². The Morgan fingerprint density at radius 3 is 1.50 bits per heavy atom. The van der Waals surface area contributed by atoms with Crippen LogP contribution >= 0.6 is 0 Å². The molecule has 0 aromatic carbocycles. The van der Waals surface area contributed by atoms with Crippen LogP contribution in [0.1, 0.15) is 0 Å². The fourth-order valence-electron chi connectivity index (χ4n) is 0. The fourth-order valence-corrected chi connectivity index (χ4v) is 0. The van der Waals surface area contributed by atoms with Crippen LogP contribution in [-0.2, 0) is 35.6 Å². The predicted octanol–water partition coefficient (Wildman–Crippen LogP) is -0.617. The van der Waals surface area contributed by atoms with E-state index in [1.54, 1.807) is 20.4 Å². The summed E-state index contributed by atoms with van der Waals surface area (Å²) in [4.78, 5) is 9.37. The van der Waals surface area contributed by atoms with Crippen molar-refractivity contribution < 1.29 is 47.9 Å². The van der Waals surface area contributed by atoms with Gasteiger partial charge in [0.05, 0.1) is 0 Å². The molecule has 0 amide bonds. The average Bonchev–Trinajstić information content (AvgIpc) is 1.61. The Morgan fingerprint density at radius 1 is 1.40 bits per heavy atom. The average molecular weight is 205 g/mol. The molecular formula is C2H5O6STi. The maximum absolute atomic E-state index is 9.37. The van der Waals surface area contributed by atoms with Crippen molar-refractivity contribution in [2.24, 2.45) is 0 Å². The minimum Gasteiger partial charge on any atom is -0.264 e. The summed E-state index contributed by atoms with van der Waals surface area (Å²) in [6, 6.07) is 0. The van der Waals surface area contributed by atoms with Crippen molar-refractivity contribution in [2.75, 3.05) is 0 Å². The molecule has 0 saturated heterocycles. The topological polar surface area (TPSA) is 112 Å². The second kappa shape index (κ2) is 5.81. The van der Waals surface area contributed by atoms with Crippen molar-refractivity contribution in [3.63, 3.8) is 0 Å². The van der Waals surface area contributed by atoms with Crippen LogP contribution in [0.5, 0.6) is 0 Å². The monoisotopic (exact) mass is 205 g/mol. The van der Waals surface area contributed by atoms with Gasteiger partial charge < -0.3 is 0 Å². The van der Waals surface area contributed by atoms with Crippen LogP contribution in [0.25, 0.3) is 0 Å². The first-order valence-corrected chi connectivity index (χ1v) is 4.33. The Hall–Kier alpha value is 0.0543. The molecule has 0 bridgehead atoms. The summed E-state index contributed by atoms with van der Waals surface area (Å²) in [5.74, 6) is -0.745. The Bertz CT molecular complexity index is 174. The molecule has 10 heavy (non-hydrogen) atoms. The van der Waals surface area contributed by atoms with Gasteiger partial charge in [0, 0.05) is 0 Å². The Morgan fingerprint density at radius 2 is 1.50 bits per heavy atom. The zero-order chi connectivity index (χ0) is 8.78. The summed E-state index contributed by atoms with van der Waals surface area (Å²) in [7, 11) is -4.67. The van der Waals surface area contributed by atoms with Crippen LogP contribution in [0.2, 0.25) is 4.73 Å². The predicted molar refractivity (Wildman–Crippen MR) is 26.6 cm³/mol. The zero-order valence-corrected chi connectivity index (χ0v) is 7.06. The Balaban J connectivity index is 0. The number of carboxylic acid groups (broad SMARTS) is 1. The van der Waals surface area contributed by atoms with Gasteiger partial charge >= 0.3 is 51.4 Å². The second-order valence-corrected chi connectivity index (χ2v) is 2.47. The van der Waals surface area contributed by atoms with Crippen LogP contribution in [0.15, 0.2) is 0 Å². The van der Waals surface area contributed by atoms with Crippen molar-refractivity contribution in [1.29, 1.82) is 0 Å². The number of aliphatic carboxylic acids is 1. The van der Waals surface area contributed by atoms with E-state index < -0.39 is 16.4 Å². The molecule has 59 valence electrons. The zero-order valence-electron chi connectivity index (χ0n) is 4.68. The van der Waals surface area contributed by atoms with Crippen molar-refractivity contribution in [1.82, 2.24) is 0 Å². The molecule has 0 aliphatic carbocycles. The third-order valence-electron chi connectivity index (χ3n) is 0.151. The maximum Gasteiger partial charge on any atom is 0.394 e. The van der Waals surface area contributed by atoms with Gasteiger partial charge in [0.1, 0.15) is 0 Å². The number of hydrogen-bond acceptors (Lipinski definition) is 3. The fraction of sp³-hybridized carbons (Fsp3) is 0.500. The first-order valence-electron chi connectivity index (χ1n) is 1.83. The first-order chi connectivity index (χ1) is 4.27. The minimum absolute atomic E-state index is 0.222. The smallest absolute Gasteiger partial charge is 0.264 e. The molecular weight excluding hydrogens is 200 g/mol. The molecule has 6 nitrogen and oxygen atoms in total. The van der Waals surface area contributed by atoms with E-state index in [0.29, 0.717) is 0 Å². The normalized spacial score (nSPS) is 9.30. The van der Waals surface area contributed by atoms with Gasteiger partial charge in [0.15, 0.2) is 0 Å². The van der Waals surface area contributed by atoms with Gasteiger partial charge in [0.25, 0.3) is 0 Å². The standard InChI is InChI=1S/C2H3O2.H2O4S.Ti/c1-2(3)4;1-5(2,3)4;/h1H2,(H,3,4);(H2,1,2,3,4);. The van der Waals surface area contributed by atoms with E-state index in [4.69, 9.17) is 22.6 Å². The first kappa shape index (κ1) is 12.7. The molecule has 0 fully saturated rings. The third-order valence-corrected chi connectivity index (χ3v) is 0.624. The summed E-state index contributed by atoms with van der Waals surface area (Å²) >= 11 is 1.60. The Labute approximate surface area is 69.2 Å². The molecule has 0 spiro atoms. The van der Waals surface area contributed by atoms with Crippen molar-refractivity contribution in [3.05, 3.63) is 0 Å². The molecule has 0 radical (unpaired) electrons. The van der Waals surface area contributed by atoms with Gasteiger partial charge in [-0.1, -0.05) is 0 Å². The van der Waals surface area contributed by atoms with Gasteiger partial charge in [-0.15, -0.1) is 0 Å². The van der Waals surface area contributed by atoms with Gasteiger partial charge in [-0.25, -0.2) is 0 Å². The number of hydrogen-bond donors (Lipinski definition) is 3. The SMILES string of the molecule is O=C(O)[CH2][Ti].O=S(=O)(O)O. The molecule has 0 aromatic rings. The summed E-state index contributed by atoms with van der Waals surface area (Å²) in [5, 5.41) is 7.72. The van der Waals surface area contributed by atoms with E-state index in [1.165, 1.54) is 0 Å². The van der Waals surface area contributed by atoms with Crippen LogP contribution < -0.4 is 0 Å². The molecule has 3 N–H and O–H groups in total. The van der Waals surface area contributed by atoms with E-state index in [0.717, 1.165) is 0 Å². The van der Waals surface area contributed by atoms with Crippen LogP contribution in [0.4, 0.5) is 0 Å². The number of carboxylic acids is 1. The van der Waals surface area contributed by atoms with Crippen LogP contribution in [0.3, 0.4) is 0 Å². The summed E-state index contributed by atoms with van der Waals surface area (Å²) < 4.78 is 31.8. The van der Waals surface area contributed by atoms with E-state index >= 15 is 0 Å². The molecule has 0 heterocycles. The molecule has 0 aliphatic heterocycles. The summed E-state index contributed by atoms with van der Waals surface area (Å²) in [6.45, 7) is 0. The molecule has 0 atom stereocenters. The third kappa shape index (κ3) is 95.0. The van der Waals surface area contributed by atoms with E-state index in [9.17, 15) is 4.79 Å². The molecule has 0 aliphatic rings. The van der Waals surface area contributed by atoms with E-state index in [1.807, 2.05) is 0 Å². The number of rotatable bonds is 1. The van der Waals surface area contributed by atoms with E-state index in [-0.39, 0.29) is 4.73 Å². The van der Waals surface area contributed by atoms with Gasteiger partial charge in [-0.05, 0) is 0 Å².